The maximum atomic E-state index is 12.4. The van der Waals surface area contributed by atoms with Gasteiger partial charge in [0.05, 0.1) is 0 Å². The van der Waals surface area contributed by atoms with Gasteiger partial charge in [0, 0.05) is 19.0 Å². The zero-order valence-electron chi connectivity index (χ0n) is 14.3. The molecule has 1 aromatic rings. The average molecular weight is 320 g/mol. The molecule has 1 fully saturated rings. The first-order valence-corrected chi connectivity index (χ1v) is 9.02. The molecule has 0 spiro atoms. The standard InChI is InChI=1S/C17H28N4O2/c1-12-7-6-8-14(13(12)2)18-16(22)11-21-17(23)20-10-5-3-4-9-15(20)19-21/h12-14H,3-11H2,1-2H3,(H,18,22). The Balaban J connectivity index is 1.65. The number of rotatable bonds is 3. The second kappa shape index (κ2) is 6.89. The van der Waals surface area contributed by atoms with Gasteiger partial charge in [-0.2, -0.15) is 5.10 Å². The Labute approximate surface area is 137 Å². The van der Waals surface area contributed by atoms with Crippen molar-refractivity contribution in [2.45, 2.75) is 77.9 Å². The van der Waals surface area contributed by atoms with Crippen LogP contribution >= 0.6 is 0 Å². The fraction of sp³-hybridized carbons (Fsp3) is 0.824. The molecule has 6 heteroatoms. The Kier molecular flexibility index (Phi) is 4.87. The minimum Gasteiger partial charge on any atom is -0.351 e. The van der Waals surface area contributed by atoms with Gasteiger partial charge in [0.15, 0.2) is 0 Å². The zero-order chi connectivity index (χ0) is 16.4. The lowest BCUT2D eigenvalue weighted by atomic mass is 9.78. The Morgan fingerprint density at radius 1 is 1.22 bits per heavy atom. The number of hydrogen-bond acceptors (Lipinski definition) is 3. The van der Waals surface area contributed by atoms with Crippen LogP contribution in [0, 0.1) is 11.8 Å². The number of amides is 1. The van der Waals surface area contributed by atoms with Crippen LogP contribution < -0.4 is 11.0 Å². The molecule has 0 radical (unpaired) electrons. The zero-order valence-corrected chi connectivity index (χ0v) is 14.3. The first-order valence-electron chi connectivity index (χ1n) is 9.02. The SMILES string of the molecule is CC1CCCC(NC(=O)Cn2nc3n(c2=O)CCCCC3)C1C. The number of hydrogen-bond donors (Lipinski definition) is 1. The summed E-state index contributed by atoms with van der Waals surface area (Å²) < 4.78 is 3.08. The second-order valence-electron chi connectivity index (χ2n) is 7.26. The van der Waals surface area contributed by atoms with Gasteiger partial charge < -0.3 is 5.32 Å². The van der Waals surface area contributed by atoms with Crippen molar-refractivity contribution in [1.82, 2.24) is 19.7 Å². The second-order valence-corrected chi connectivity index (χ2v) is 7.26. The minimum atomic E-state index is -0.137. The van der Waals surface area contributed by atoms with E-state index in [4.69, 9.17) is 0 Å². The molecule has 2 heterocycles. The molecule has 0 aromatic carbocycles. The molecular weight excluding hydrogens is 292 g/mol. The molecule has 128 valence electrons. The number of nitrogens with one attached hydrogen (secondary N) is 1. The predicted molar refractivity (Wildman–Crippen MR) is 88.2 cm³/mol. The minimum absolute atomic E-state index is 0.0381. The van der Waals surface area contributed by atoms with Crippen molar-refractivity contribution in [3.63, 3.8) is 0 Å². The van der Waals surface area contributed by atoms with Gasteiger partial charge in [-0.25, -0.2) is 9.48 Å². The molecule has 1 amide bonds. The van der Waals surface area contributed by atoms with Gasteiger partial charge in [-0.3, -0.25) is 9.36 Å². The van der Waals surface area contributed by atoms with Crippen LogP contribution in [0.2, 0.25) is 0 Å². The fourth-order valence-corrected chi connectivity index (χ4v) is 3.90. The Bertz CT molecular complexity index is 619. The molecule has 6 nitrogen and oxygen atoms in total. The van der Waals surface area contributed by atoms with Crippen LogP contribution in [0.3, 0.4) is 0 Å². The van der Waals surface area contributed by atoms with E-state index in [-0.39, 0.29) is 24.2 Å². The predicted octanol–water partition coefficient (Wildman–Crippen LogP) is 1.71. The molecule has 1 aliphatic heterocycles. The van der Waals surface area contributed by atoms with Crippen molar-refractivity contribution in [3.05, 3.63) is 16.3 Å². The Morgan fingerprint density at radius 2 is 2.04 bits per heavy atom. The van der Waals surface area contributed by atoms with Crippen molar-refractivity contribution < 1.29 is 4.79 Å². The van der Waals surface area contributed by atoms with Gasteiger partial charge >= 0.3 is 5.69 Å². The maximum absolute atomic E-state index is 12.4. The smallest absolute Gasteiger partial charge is 0.346 e. The number of carbonyl (C=O) groups is 1. The topological polar surface area (TPSA) is 68.9 Å². The molecule has 3 unspecified atom stereocenters. The number of aromatic nitrogens is 3. The van der Waals surface area contributed by atoms with Crippen LogP contribution in [0.4, 0.5) is 0 Å². The van der Waals surface area contributed by atoms with Crippen molar-refractivity contribution in [2.24, 2.45) is 11.8 Å². The maximum Gasteiger partial charge on any atom is 0.346 e. The fourth-order valence-electron chi connectivity index (χ4n) is 3.90. The van der Waals surface area contributed by atoms with Gasteiger partial charge in [-0.15, -0.1) is 0 Å². The molecule has 2 aliphatic rings. The summed E-state index contributed by atoms with van der Waals surface area (Å²) in [5.41, 5.74) is -0.137. The van der Waals surface area contributed by atoms with Crippen molar-refractivity contribution in [3.8, 4) is 0 Å². The highest BCUT2D eigenvalue weighted by atomic mass is 16.2. The Hall–Kier alpha value is -1.59. The summed E-state index contributed by atoms with van der Waals surface area (Å²) in [4.78, 5) is 24.7. The molecule has 1 aliphatic carbocycles. The van der Waals surface area contributed by atoms with E-state index in [9.17, 15) is 9.59 Å². The monoisotopic (exact) mass is 320 g/mol. The van der Waals surface area contributed by atoms with Gasteiger partial charge in [-0.1, -0.05) is 33.1 Å². The lowest BCUT2D eigenvalue weighted by Crippen LogP contribution is -2.45. The summed E-state index contributed by atoms with van der Waals surface area (Å²) in [7, 11) is 0. The van der Waals surface area contributed by atoms with E-state index >= 15 is 0 Å². The summed E-state index contributed by atoms with van der Waals surface area (Å²) >= 11 is 0. The normalized spacial score (nSPS) is 28.0. The summed E-state index contributed by atoms with van der Waals surface area (Å²) in [6.45, 7) is 5.23. The first kappa shape index (κ1) is 16.3. The Morgan fingerprint density at radius 3 is 2.87 bits per heavy atom. The van der Waals surface area contributed by atoms with Crippen LogP contribution in [0.25, 0.3) is 0 Å². The van der Waals surface area contributed by atoms with E-state index in [0.717, 1.165) is 50.9 Å². The summed E-state index contributed by atoms with van der Waals surface area (Å²) in [5, 5.41) is 7.50. The van der Waals surface area contributed by atoms with E-state index in [0.29, 0.717) is 11.8 Å². The van der Waals surface area contributed by atoms with Gasteiger partial charge in [0.1, 0.15) is 12.4 Å². The summed E-state index contributed by atoms with van der Waals surface area (Å²) in [6.07, 6.45) is 7.49. The van der Waals surface area contributed by atoms with Gasteiger partial charge in [0.25, 0.3) is 0 Å². The van der Waals surface area contributed by atoms with Crippen molar-refractivity contribution >= 4 is 5.91 Å². The average Bonchev–Trinajstić information content (AvgIpc) is 2.69. The molecule has 3 atom stereocenters. The van der Waals surface area contributed by atoms with Gasteiger partial charge in [-0.05, 0) is 31.1 Å². The molecule has 1 saturated carbocycles. The molecule has 23 heavy (non-hydrogen) atoms. The third kappa shape index (κ3) is 3.51. The number of carbonyl (C=O) groups excluding carboxylic acids is 1. The third-order valence-corrected chi connectivity index (χ3v) is 5.63. The molecule has 3 rings (SSSR count). The van der Waals surface area contributed by atoms with Gasteiger partial charge in [0.2, 0.25) is 5.91 Å². The molecular formula is C17H28N4O2. The van der Waals surface area contributed by atoms with E-state index in [1.54, 1.807) is 4.57 Å². The lowest BCUT2D eigenvalue weighted by Gasteiger charge is -2.34. The van der Waals surface area contributed by atoms with Crippen LogP contribution in [-0.4, -0.2) is 26.3 Å². The van der Waals surface area contributed by atoms with E-state index < -0.39 is 0 Å². The van der Waals surface area contributed by atoms with Crippen LogP contribution in [0.5, 0.6) is 0 Å². The number of nitrogens with zero attached hydrogens (tertiary/aromatic N) is 3. The highest BCUT2D eigenvalue weighted by Gasteiger charge is 2.28. The highest BCUT2D eigenvalue weighted by Crippen LogP contribution is 2.29. The largest absolute Gasteiger partial charge is 0.351 e. The van der Waals surface area contributed by atoms with Crippen LogP contribution in [0.1, 0.15) is 58.2 Å². The van der Waals surface area contributed by atoms with Crippen LogP contribution in [-0.2, 0) is 24.3 Å². The molecule has 1 N–H and O–H groups in total. The molecule has 0 bridgehead atoms. The third-order valence-electron chi connectivity index (χ3n) is 5.63. The lowest BCUT2D eigenvalue weighted by molar-refractivity contribution is -0.123. The molecule has 1 aromatic heterocycles. The summed E-state index contributed by atoms with van der Waals surface area (Å²) in [5.74, 6) is 1.87. The highest BCUT2D eigenvalue weighted by molar-refractivity contribution is 5.75. The number of aryl methyl sites for hydroxylation is 1. The summed E-state index contributed by atoms with van der Waals surface area (Å²) in [6, 6.07) is 0.224. The molecule has 0 saturated heterocycles. The van der Waals surface area contributed by atoms with E-state index in [1.807, 2.05) is 0 Å². The van der Waals surface area contributed by atoms with E-state index in [1.165, 1.54) is 11.1 Å². The number of fused-ring (bicyclic) bond motifs is 1. The van der Waals surface area contributed by atoms with Crippen molar-refractivity contribution in [2.75, 3.05) is 0 Å². The first-order chi connectivity index (χ1) is 11.1. The van der Waals surface area contributed by atoms with Crippen molar-refractivity contribution in [1.29, 1.82) is 0 Å². The van der Waals surface area contributed by atoms with Crippen LogP contribution in [0.15, 0.2) is 4.79 Å². The quantitative estimate of drug-likeness (QED) is 0.922. The van der Waals surface area contributed by atoms with E-state index in [2.05, 4.69) is 24.3 Å².